The fourth-order valence-corrected chi connectivity index (χ4v) is 4.07. The second kappa shape index (κ2) is 8.57. The first kappa shape index (κ1) is 20.7. The average molecular weight is 391 g/mol. The highest BCUT2D eigenvalue weighted by Crippen LogP contribution is 2.27. The van der Waals surface area contributed by atoms with Crippen LogP contribution in [0.15, 0.2) is 24.3 Å². The van der Waals surface area contributed by atoms with Crippen molar-refractivity contribution >= 4 is 11.7 Å². The molecule has 0 saturated carbocycles. The van der Waals surface area contributed by atoms with Crippen LogP contribution in [0.5, 0.6) is 5.75 Å². The second-order valence-corrected chi connectivity index (χ2v) is 8.60. The van der Waals surface area contributed by atoms with Gasteiger partial charge in [0.15, 0.2) is 0 Å². The van der Waals surface area contributed by atoms with Gasteiger partial charge < -0.3 is 25.0 Å². The predicted molar refractivity (Wildman–Crippen MR) is 111 cm³/mol. The molecule has 0 aromatic heterocycles. The van der Waals surface area contributed by atoms with Gasteiger partial charge in [-0.1, -0.05) is 12.1 Å². The minimum atomic E-state index is -0.125. The SMILES string of the molecule is CC1CN(C(C)(C)CNC(=O)N2CCN(c3ccccc3O)CC2)CC(C)O1. The molecule has 7 heteroatoms. The van der Waals surface area contributed by atoms with Crippen LogP contribution in [0.2, 0.25) is 0 Å². The minimum Gasteiger partial charge on any atom is -0.506 e. The van der Waals surface area contributed by atoms with Gasteiger partial charge in [0.05, 0.1) is 17.9 Å². The van der Waals surface area contributed by atoms with Crippen LogP contribution in [0.25, 0.3) is 0 Å². The Morgan fingerprint density at radius 2 is 1.75 bits per heavy atom. The van der Waals surface area contributed by atoms with E-state index in [1.807, 2.05) is 23.1 Å². The van der Waals surface area contributed by atoms with E-state index in [1.54, 1.807) is 6.07 Å². The van der Waals surface area contributed by atoms with E-state index >= 15 is 0 Å². The molecule has 1 aromatic rings. The fourth-order valence-electron chi connectivity index (χ4n) is 4.07. The smallest absolute Gasteiger partial charge is 0.317 e. The van der Waals surface area contributed by atoms with Crippen molar-refractivity contribution in [2.45, 2.75) is 45.4 Å². The number of nitrogens with one attached hydrogen (secondary N) is 1. The average Bonchev–Trinajstić information content (AvgIpc) is 2.66. The Labute approximate surface area is 168 Å². The number of morpholine rings is 1. The summed E-state index contributed by atoms with van der Waals surface area (Å²) in [6, 6.07) is 7.34. The number of phenolic OH excluding ortho intramolecular Hbond substituents is 1. The minimum absolute atomic E-state index is 0.0145. The summed E-state index contributed by atoms with van der Waals surface area (Å²) in [5.74, 6) is 0.288. The number of aromatic hydroxyl groups is 1. The first-order valence-corrected chi connectivity index (χ1v) is 10.2. The normalized spacial score (nSPS) is 24.3. The number of ether oxygens (including phenoxy) is 1. The van der Waals surface area contributed by atoms with Crippen molar-refractivity contribution in [3.63, 3.8) is 0 Å². The zero-order valence-electron chi connectivity index (χ0n) is 17.5. The zero-order valence-corrected chi connectivity index (χ0v) is 17.5. The lowest BCUT2D eigenvalue weighted by Gasteiger charge is -2.45. The van der Waals surface area contributed by atoms with E-state index in [0.29, 0.717) is 32.7 Å². The summed E-state index contributed by atoms with van der Waals surface area (Å²) >= 11 is 0. The maximum atomic E-state index is 12.7. The van der Waals surface area contributed by atoms with Gasteiger partial charge in [-0.3, -0.25) is 4.90 Å². The highest BCUT2D eigenvalue weighted by atomic mass is 16.5. The molecule has 2 heterocycles. The summed E-state index contributed by atoms with van der Waals surface area (Å²) in [6.07, 6.45) is 0.419. The predicted octanol–water partition coefficient (Wildman–Crippen LogP) is 2.11. The van der Waals surface area contributed by atoms with Gasteiger partial charge in [0.25, 0.3) is 0 Å². The molecule has 0 spiro atoms. The van der Waals surface area contributed by atoms with Gasteiger partial charge in [-0.2, -0.15) is 0 Å². The summed E-state index contributed by atoms with van der Waals surface area (Å²) in [4.78, 5) is 19.1. The van der Waals surface area contributed by atoms with Crippen LogP contribution < -0.4 is 10.2 Å². The number of para-hydroxylation sites is 2. The molecule has 7 nitrogen and oxygen atoms in total. The monoisotopic (exact) mass is 390 g/mol. The molecule has 156 valence electrons. The Morgan fingerprint density at radius 1 is 1.14 bits per heavy atom. The number of rotatable bonds is 4. The molecule has 28 heavy (non-hydrogen) atoms. The number of amides is 2. The van der Waals surface area contributed by atoms with Crippen molar-refractivity contribution in [3.8, 4) is 5.75 Å². The van der Waals surface area contributed by atoms with E-state index in [-0.39, 0.29) is 29.5 Å². The second-order valence-electron chi connectivity index (χ2n) is 8.60. The summed E-state index contributed by atoms with van der Waals surface area (Å²) in [6.45, 7) is 13.6. The Kier molecular flexibility index (Phi) is 6.35. The van der Waals surface area contributed by atoms with Crippen molar-refractivity contribution < 1.29 is 14.6 Å². The largest absolute Gasteiger partial charge is 0.506 e. The van der Waals surface area contributed by atoms with Gasteiger partial charge in [0.1, 0.15) is 5.75 Å². The van der Waals surface area contributed by atoms with Crippen LogP contribution in [0.1, 0.15) is 27.7 Å². The third-order valence-corrected chi connectivity index (χ3v) is 5.74. The summed E-state index contributed by atoms with van der Waals surface area (Å²) < 4.78 is 5.83. The van der Waals surface area contributed by atoms with E-state index in [9.17, 15) is 9.90 Å². The zero-order chi connectivity index (χ0) is 20.3. The van der Waals surface area contributed by atoms with Gasteiger partial charge in [0.2, 0.25) is 0 Å². The van der Waals surface area contributed by atoms with E-state index in [0.717, 1.165) is 18.8 Å². The maximum Gasteiger partial charge on any atom is 0.317 e. The number of carbonyl (C=O) groups excluding carboxylic acids is 1. The lowest BCUT2D eigenvalue weighted by atomic mass is 10.00. The molecule has 3 rings (SSSR count). The summed E-state index contributed by atoms with van der Waals surface area (Å²) in [7, 11) is 0. The van der Waals surface area contributed by atoms with Gasteiger partial charge in [-0.05, 0) is 39.8 Å². The molecular formula is C21H34N4O3. The summed E-state index contributed by atoms with van der Waals surface area (Å²) in [5, 5.41) is 13.1. The number of hydrogen-bond acceptors (Lipinski definition) is 5. The van der Waals surface area contributed by atoms with Crippen molar-refractivity contribution in [2.75, 3.05) is 50.7 Å². The van der Waals surface area contributed by atoms with Crippen molar-refractivity contribution in [1.82, 2.24) is 15.1 Å². The van der Waals surface area contributed by atoms with Crippen LogP contribution in [-0.4, -0.2) is 84.5 Å². The van der Waals surface area contributed by atoms with Gasteiger partial charge >= 0.3 is 6.03 Å². The lowest BCUT2D eigenvalue weighted by molar-refractivity contribution is -0.0948. The molecule has 2 atom stereocenters. The summed E-state index contributed by atoms with van der Waals surface area (Å²) in [5.41, 5.74) is 0.707. The van der Waals surface area contributed by atoms with Gasteiger partial charge in [-0.15, -0.1) is 0 Å². The number of benzene rings is 1. The van der Waals surface area contributed by atoms with Crippen LogP contribution >= 0.6 is 0 Å². The Balaban J connectivity index is 1.48. The first-order valence-electron chi connectivity index (χ1n) is 10.2. The van der Waals surface area contributed by atoms with Crippen LogP contribution in [0.3, 0.4) is 0 Å². The van der Waals surface area contributed by atoms with Crippen molar-refractivity contribution in [3.05, 3.63) is 24.3 Å². The number of urea groups is 1. The number of carbonyl (C=O) groups is 1. The Hall–Kier alpha value is -1.99. The number of nitrogens with zero attached hydrogens (tertiary/aromatic N) is 3. The highest BCUT2D eigenvalue weighted by Gasteiger charge is 2.34. The van der Waals surface area contributed by atoms with E-state index in [1.165, 1.54) is 0 Å². The molecule has 1 aromatic carbocycles. The number of piperazine rings is 1. The molecule has 2 saturated heterocycles. The third kappa shape index (κ3) is 4.89. The molecule has 0 radical (unpaired) electrons. The number of phenols is 1. The molecule has 2 amide bonds. The Bertz CT molecular complexity index is 663. The van der Waals surface area contributed by atoms with E-state index in [2.05, 4.69) is 42.8 Å². The topological polar surface area (TPSA) is 68.3 Å². The van der Waals surface area contributed by atoms with Crippen LogP contribution in [0, 0.1) is 0 Å². The molecule has 0 aliphatic carbocycles. The highest BCUT2D eigenvalue weighted by molar-refractivity contribution is 5.74. The Morgan fingerprint density at radius 3 is 2.36 bits per heavy atom. The van der Waals surface area contributed by atoms with E-state index in [4.69, 9.17) is 4.74 Å². The third-order valence-electron chi connectivity index (χ3n) is 5.74. The van der Waals surface area contributed by atoms with Gasteiger partial charge in [-0.25, -0.2) is 4.79 Å². The van der Waals surface area contributed by atoms with Crippen molar-refractivity contribution in [2.24, 2.45) is 0 Å². The molecule has 2 aliphatic heterocycles. The standard InChI is InChI=1S/C21H34N4O3/c1-16-13-25(14-17(2)28-16)21(3,4)15-22-20(27)24-11-9-23(10-12-24)18-7-5-6-8-19(18)26/h5-8,16-17,26H,9-15H2,1-4H3,(H,22,27). The number of hydrogen-bond donors (Lipinski definition) is 2. The molecule has 2 N–H and O–H groups in total. The molecule has 2 aliphatic rings. The van der Waals surface area contributed by atoms with Crippen LogP contribution in [-0.2, 0) is 4.74 Å². The molecule has 2 unspecified atom stereocenters. The molecule has 0 bridgehead atoms. The number of anilines is 1. The lowest BCUT2D eigenvalue weighted by Crippen LogP contribution is -2.60. The molecule has 2 fully saturated rings. The van der Waals surface area contributed by atoms with E-state index < -0.39 is 0 Å². The maximum absolute atomic E-state index is 12.7. The first-order chi connectivity index (χ1) is 13.3. The van der Waals surface area contributed by atoms with Crippen LogP contribution in [0.4, 0.5) is 10.5 Å². The fraction of sp³-hybridized carbons (Fsp3) is 0.667. The molecular weight excluding hydrogens is 356 g/mol. The van der Waals surface area contributed by atoms with Gasteiger partial charge in [0, 0.05) is 51.4 Å². The van der Waals surface area contributed by atoms with Crippen molar-refractivity contribution in [1.29, 1.82) is 0 Å². The quantitative estimate of drug-likeness (QED) is 0.824.